The van der Waals surface area contributed by atoms with E-state index in [4.69, 9.17) is 21.1 Å². The Labute approximate surface area is 136 Å². The first kappa shape index (κ1) is 16.6. The lowest BCUT2D eigenvalue weighted by Crippen LogP contribution is -2.16. The van der Waals surface area contributed by atoms with E-state index in [1.807, 2.05) is 31.6 Å². The van der Waals surface area contributed by atoms with Gasteiger partial charge in [0.25, 0.3) is 0 Å². The first-order valence-corrected chi connectivity index (χ1v) is 7.78. The molecule has 0 aliphatic rings. The molecule has 0 spiro atoms. The standard InChI is InChI=1S/C16H22ClN3O2/c1-3-22-16-10-14(17)13(9-15(16)21-2)11-18-5-4-7-20-8-6-19-12-20/h6,8-10,12,18H,3-5,7,11H2,1-2H3. The lowest BCUT2D eigenvalue weighted by molar-refractivity contribution is 0.310. The molecule has 0 saturated carbocycles. The highest BCUT2D eigenvalue weighted by atomic mass is 35.5. The van der Waals surface area contributed by atoms with Crippen LogP contribution in [-0.4, -0.2) is 29.8 Å². The number of hydrogen-bond donors (Lipinski definition) is 1. The van der Waals surface area contributed by atoms with Crippen LogP contribution >= 0.6 is 11.6 Å². The van der Waals surface area contributed by atoms with E-state index in [9.17, 15) is 0 Å². The van der Waals surface area contributed by atoms with Crippen LogP contribution in [0.1, 0.15) is 18.9 Å². The molecule has 1 aromatic carbocycles. The molecule has 0 atom stereocenters. The van der Waals surface area contributed by atoms with E-state index in [1.54, 1.807) is 13.3 Å². The average Bonchev–Trinajstić information content (AvgIpc) is 3.02. The van der Waals surface area contributed by atoms with Crippen molar-refractivity contribution in [1.29, 1.82) is 0 Å². The van der Waals surface area contributed by atoms with E-state index in [1.165, 1.54) is 0 Å². The molecule has 2 rings (SSSR count). The second kappa shape index (κ2) is 8.66. The summed E-state index contributed by atoms with van der Waals surface area (Å²) in [4.78, 5) is 4.02. The summed E-state index contributed by atoms with van der Waals surface area (Å²) in [6.45, 7) is 5.07. The molecule has 5 nitrogen and oxygen atoms in total. The van der Waals surface area contributed by atoms with Crippen LogP contribution in [0.25, 0.3) is 0 Å². The second-order valence-corrected chi connectivity index (χ2v) is 5.27. The fourth-order valence-electron chi connectivity index (χ4n) is 2.17. The van der Waals surface area contributed by atoms with Gasteiger partial charge in [-0.15, -0.1) is 0 Å². The summed E-state index contributed by atoms with van der Waals surface area (Å²) >= 11 is 6.30. The van der Waals surface area contributed by atoms with Crippen LogP contribution in [0.3, 0.4) is 0 Å². The first-order valence-electron chi connectivity index (χ1n) is 7.40. The number of methoxy groups -OCH3 is 1. The second-order valence-electron chi connectivity index (χ2n) is 4.86. The predicted molar refractivity (Wildman–Crippen MR) is 87.7 cm³/mol. The number of benzene rings is 1. The number of halogens is 1. The number of hydrogen-bond acceptors (Lipinski definition) is 4. The van der Waals surface area contributed by atoms with Crippen LogP contribution in [-0.2, 0) is 13.1 Å². The van der Waals surface area contributed by atoms with Crippen LogP contribution in [0, 0.1) is 0 Å². The van der Waals surface area contributed by atoms with Crippen LogP contribution < -0.4 is 14.8 Å². The zero-order chi connectivity index (χ0) is 15.8. The SMILES string of the molecule is CCOc1cc(Cl)c(CNCCCn2ccnc2)cc1OC. The van der Waals surface area contributed by atoms with Crippen LogP contribution in [0.5, 0.6) is 11.5 Å². The molecule has 0 unspecified atom stereocenters. The van der Waals surface area contributed by atoms with Gasteiger partial charge in [-0.1, -0.05) is 11.6 Å². The van der Waals surface area contributed by atoms with Crippen molar-refractivity contribution < 1.29 is 9.47 Å². The molecule has 0 aliphatic heterocycles. The fourth-order valence-corrected chi connectivity index (χ4v) is 2.39. The Morgan fingerprint density at radius 2 is 2.18 bits per heavy atom. The highest BCUT2D eigenvalue weighted by Crippen LogP contribution is 2.33. The van der Waals surface area contributed by atoms with E-state index in [2.05, 4.69) is 14.9 Å². The van der Waals surface area contributed by atoms with Gasteiger partial charge in [0, 0.05) is 36.6 Å². The Bertz CT molecular complexity index is 573. The van der Waals surface area contributed by atoms with Gasteiger partial charge in [-0.2, -0.15) is 0 Å². The number of ether oxygens (including phenoxy) is 2. The largest absolute Gasteiger partial charge is 0.493 e. The molecule has 1 N–H and O–H groups in total. The van der Waals surface area contributed by atoms with Crippen molar-refractivity contribution in [3.05, 3.63) is 41.4 Å². The summed E-state index contributed by atoms with van der Waals surface area (Å²) in [5.41, 5.74) is 1.00. The van der Waals surface area contributed by atoms with E-state index < -0.39 is 0 Å². The zero-order valence-electron chi connectivity index (χ0n) is 13.0. The highest BCUT2D eigenvalue weighted by Gasteiger charge is 2.10. The van der Waals surface area contributed by atoms with Gasteiger partial charge < -0.3 is 19.4 Å². The summed E-state index contributed by atoms with van der Waals surface area (Å²) in [5.74, 6) is 1.39. The first-order chi connectivity index (χ1) is 10.7. The van der Waals surface area contributed by atoms with Crippen LogP contribution in [0.4, 0.5) is 0 Å². The molecule has 6 heteroatoms. The molecule has 1 heterocycles. The lowest BCUT2D eigenvalue weighted by atomic mass is 10.2. The van der Waals surface area contributed by atoms with Crippen molar-refractivity contribution in [3.63, 3.8) is 0 Å². The monoisotopic (exact) mass is 323 g/mol. The molecule has 0 radical (unpaired) electrons. The summed E-state index contributed by atoms with van der Waals surface area (Å²) in [7, 11) is 1.63. The van der Waals surface area contributed by atoms with Gasteiger partial charge in [0.1, 0.15) is 0 Å². The van der Waals surface area contributed by atoms with Crippen molar-refractivity contribution in [3.8, 4) is 11.5 Å². The van der Waals surface area contributed by atoms with E-state index in [0.29, 0.717) is 29.7 Å². The third-order valence-corrected chi connectivity index (χ3v) is 3.63. The Morgan fingerprint density at radius 3 is 2.86 bits per heavy atom. The third kappa shape index (κ3) is 4.64. The third-order valence-electron chi connectivity index (χ3n) is 3.28. The van der Waals surface area contributed by atoms with Crippen LogP contribution in [0.2, 0.25) is 5.02 Å². The van der Waals surface area contributed by atoms with Gasteiger partial charge in [-0.25, -0.2) is 4.98 Å². The average molecular weight is 324 g/mol. The molecule has 0 fully saturated rings. The minimum atomic E-state index is 0.582. The molecule has 22 heavy (non-hydrogen) atoms. The van der Waals surface area contributed by atoms with Gasteiger partial charge in [-0.05, 0) is 31.5 Å². The number of nitrogens with zero attached hydrogens (tertiary/aromatic N) is 2. The summed E-state index contributed by atoms with van der Waals surface area (Å²) < 4.78 is 12.9. The number of imidazole rings is 1. The normalized spacial score (nSPS) is 10.7. The van der Waals surface area contributed by atoms with Gasteiger partial charge in [0.15, 0.2) is 11.5 Å². The molecule has 1 aromatic heterocycles. The Balaban J connectivity index is 1.84. The molecular weight excluding hydrogens is 302 g/mol. The van der Waals surface area contributed by atoms with E-state index in [-0.39, 0.29) is 0 Å². The highest BCUT2D eigenvalue weighted by molar-refractivity contribution is 6.31. The summed E-state index contributed by atoms with van der Waals surface area (Å²) in [6, 6.07) is 3.74. The number of rotatable bonds is 9. The Morgan fingerprint density at radius 1 is 1.32 bits per heavy atom. The molecule has 0 saturated heterocycles. The smallest absolute Gasteiger partial charge is 0.162 e. The van der Waals surface area contributed by atoms with Crippen molar-refractivity contribution >= 4 is 11.6 Å². The quantitative estimate of drug-likeness (QED) is 0.720. The molecule has 120 valence electrons. The molecule has 0 bridgehead atoms. The van der Waals surface area contributed by atoms with Crippen LogP contribution in [0.15, 0.2) is 30.9 Å². The summed E-state index contributed by atoms with van der Waals surface area (Å²) in [6.07, 6.45) is 6.62. The van der Waals surface area contributed by atoms with Gasteiger partial charge >= 0.3 is 0 Å². The molecular formula is C16H22ClN3O2. The summed E-state index contributed by atoms with van der Waals surface area (Å²) in [5, 5.41) is 4.08. The maximum Gasteiger partial charge on any atom is 0.162 e. The fraction of sp³-hybridized carbons (Fsp3) is 0.438. The van der Waals surface area contributed by atoms with Gasteiger partial charge in [0.05, 0.1) is 20.0 Å². The lowest BCUT2D eigenvalue weighted by Gasteiger charge is -2.13. The number of aryl methyl sites for hydroxylation is 1. The van der Waals surface area contributed by atoms with Crippen molar-refractivity contribution in [2.45, 2.75) is 26.4 Å². The molecule has 0 aliphatic carbocycles. The Hall–Kier alpha value is -1.72. The maximum atomic E-state index is 6.30. The van der Waals surface area contributed by atoms with Crippen molar-refractivity contribution in [2.75, 3.05) is 20.3 Å². The number of nitrogens with one attached hydrogen (secondary N) is 1. The zero-order valence-corrected chi connectivity index (χ0v) is 13.8. The van der Waals surface area contributed by atoms with E-state index in [0.717, 1.165) is 25.1 Å². The van der Waals surface area contributed by atoms with Gasteiger partial charge in [-0.3, -0.25) is 0 Å². The van der Waals surface area contributed by atoms with Crippen molar-refractivity contribution in [1.82, 2.24) is 14.9 Å². The van der Waals surface area contributed by atoms with Gasteiger partial charge in [0.2, 0.25) is 0 Å². The van der Waals surface area contributed by atoms with E-state index >= 15 is 0 Å². The predicted octanol–water partition coefficient (Wildman–Crippen LogP) is 3.12. The minimum Gasteiger partial charge on any atom is -0.493 e. The molecule has 0 amide bonds. The Kier molecular flexibility index (Phi) is 6.55. The van der Waals surface area contributed by atoms with Crippen molar-refractivity contribution in [2.24, 2.45) is 0 Å². The minimum absolute atomic E-state index is 0.582. The topological polar surface area (TPSA) is 48.3 Å². The maximum absolute atomic E-state index is 6.30. The number of aromatic nitrogens is 2. The molecule has 2 aromatic rings.